The predicted octanol–water partition coefficient (Wildman–Crippen LogP) is 2.22. The van der Waals surface area contributed by atoms with Gasteiger partial charge in [0, 0.05) is 7.11 Å². The Morgan fingerprint density at radius 1 is 1.17 bits per heavy atom. The van der Waals surface area contributed by atoms with Crippen molar-refractivity contribution in [1.29, 1.82) is 0 Å². The molecule has 1 unspecified atom stereocenters. The summed E-state index contributed by atoms with van der Waals surface area (Å²) >= 11 is 0. The lowest BCUT2D eigenvalue weighted by atomic mass is 9.97. The highest BCUT2D eigenvalue weighted by atomic mass is 16.5. The maximum absolute atomic E-state index is 10.3. The Bertz CT molecular complexity index is 336. The molecule has 0 aromatic heterocycles. The van der Waals surface area contributed by atoms with E-state index in [0.29, 0.717) is 6.61 Å². The van der Waals surface area contributed by atoms with Crippen LogP contribution in [-0.2, 0) is 4.74 Å². The van der Waals surface area contributed by atoms with Crippen LogP contribution >= 0.6 is 0 Å². The highest BCUT2D eigenvalue weighted by molar-refractivity contribution is 5.20. The van der Waals surface area contributed by atoms with Crippen LogP contribution < -0.4 is 0 Å². The van der Waals surface area contributed by atoms with Crippen LogP contribution in [0, 0.1) is 0 Å². The van der Waals surface area contributed by atoms with E-state index in [-0.39, 0.29) is 6.04 Å². The van der Waals surface area contributed by atoms with Gasteiger partial charge in [0.25, 0.3) is 0 Å². The molecule has 3 heteroatoms. The van der Waals surface area contributed by atoms with Crippen molar-refractivity contribution in [2.24, 2.45) is 0 Å². The summed E-state index contributed by atoms with van der Waals surface area (Å²) in [5.74, 6) is 0. The van der Waals surface area contributed by atoms with E-state index in [1.165, 1.54) is 24.8 Å². The third-order valence-electron chi connectivity index (χ3n) is 3.63. The third-order valence-corrected chi connectivity index (χ3v) is 3.63. The Morgan fingerprint density at radius 3 is 2.44 bits per heavy atom. The maximum Gasteiger partial charge on any atom is 0.0969 e. The van der Waals surface area contributed by atoms with Gasteiger partial charge in [0.15, 0.2) is 0 Å². The van der Waals surface area contributed by atoms with Crippen LogP contribution in [0.5, 0.6) is 0 Å². The molecule has 1 aromatic carbocycles. The van der Waals surface area contributed by atoms with Gasteiger partial charge in [-0.25, -0.2) is 0 Å². The SMILES string of the molecule is COC[C@H](O)C(c1ccccc1)N1CCCCC1. The van der Waals surface area contributed by atoms with Gasteiger partial charge >= 0.3 is 0 Å². The molecule has 1 aliphatic rings. The molecule has 1 saturated heterocycles. The molecule has 1 aliphatic heterocycles. The highest BCUT2D eigenvalue weighted by Gasteiger charge is 2.28. The van der Waals surface area contributed by atoms with Crippen LogP contribution in [0.25, 0.3) is 0 Å². The fourth-order valence-electron chi connectivity index (χ4n) is 2.78. The molecule has 0 saturated carbocycles. The minimum absolute atomic E-state index is 0.0615. The van der Waals surface area contributed by atoms with Crippen LogP contribution in [-0.4, -0.2) is 42.9 Å². The number of nitrogens with zero attached hydrogens (tertiary/aromatic N) is 1. The second-order valence-corrected chi connectivity index (χ2v) is 4.97. The zero-order valence-corrected chi connectivity index (χ0v) is 11.1. The number of aliphatic hydroxyl groups excluding tert-OH is 1. The smallest absolute Gasteiger partial charge is 0.0969 e. The van der Waals surface area contributed by atoms with Gasteiger partial charge in [0.2, 0.25) is 0 Å². The highest BCUT2D eigenvalue weighted by Crippen LogP contribution is 2.27. The van der Waals surface area contributed by atoms with Crippen molar-refractivity contribution in [2.75, 3.05) is 26.8 Å². The number of hydrogen-bond donors (Lipinski definition) is 1. The first-order chi connectivity index (χ1) is 8.83. The summed E-state index contributed by atoms with van der Waals surface area (Å²) in [5, 5.41) is 10.3. The molecule has 0 spiro atoms. The molecule has 0 bridgehead atoms. The molecule has 2 rings (SSSR count). The summed E-state index contributed by atoms with van der Waals surface area (Å²) in [5.41, 5.74) is 1.18. The van der Waals surface area contributed by atoms with Crippen molar-refractivity contribution in [2.45, 2.75) is 31.4 Å². The zero-order chi connectivity index (χ0) is 12.8. The number of ether oxygens (including phenoxy) is 1. The minimum atomic E-state index is -0.463. The van der Waals surface area contributed by atoms with Crippen LogP contribution in [0.2, 0.25) is 0 Å². The van der Waals surface area contributed by atoms with Crippen molar-refractivity contribution in [3.05, 3.63) is 35.9 Å². The maximum atomic E-state index is 10.3. The van der Waals surface area contributed by atoms with Crippen molar-refractivity contribution in [3.63, 3.8) is 0 Å². The Labute approximate surface area is 109 Å². The molecule has 2 atom stereocenters. The second-order valence-electron chi connectivity index (χ2n) is 4.97. The van der Waals surface area contributed by atoms with Gasteiger partial charge in [-0.1, -0.05) is 36.8 Å². The van der Waals surface area contributed by atoms with E-state index in [1.807, 2.05) is 18.2 Å². The molecule has 18 heavy (non-hydrogen) atoms. The Morgan fingerprint density at radius 2 is 1.83 bits per heavy atom. The van der Waals surface area contributed by atoms with Gasteiger partial charge in [0.1, 0.15) is 0 Å². The van der Waals surface area contributed by atoms with E-state index in [9.17, 15) is 5.11 Å². The Kier molecular flexibility index (Phi) is 5.17. The Balaban J connectivity index is 2.16. The van der Waals surface area contributed by atoms with Crippen molar-refractivity contribution in [3.8, 4) is 0 Å². The molecule has 3 nitrogen and oxygen atoms in total. The fourth-order valence-corrected chi connectivity index (χ4v) is 2.78. The number of likely N-dealkylation sites (tertiary alicyclic amines) is 1. The third kappa shape index (κ3) is 3.31. The quantitative estimate of drug-likeness (QED) is 0.868. The fraction of sp³-hybridized carbons (Fsp3) is 0.600. The molecule has 1 fully saturated rings. The number of methoxy groups -OCH3 is 1. The molecule has 1 aromatic rings. The largest absolute Gasteiger partial charge is 0.389 e. The van der Waals surface area contributed by atoms with Gasteiger partial charge in [-0.3, -0.25) is 4.90 Å². The lowest BCUT2D eigenvalue weighted by Gasteiger charge is -2.37. The average Bonchev–Trinajstić information content (AvgIpc) is 2.42. The van der Waals surface area contributed by atoms with E-state index in [2.05, 4.69) is 17.0 Å². The Hall–Kier alpha value is -0.900. The van der Waals surface area contributed by atoms with E-state index in [0.717, 1.165) is 13.1 Å². The lowest BCUT2D eigenvalue weighted by molar-refractivity contribution is -0.0106. The minimum Gasteiger partial charge on any atom is -0.389 e. The number of benzene rings is 1. The second kappa shape index (κ2) is 6.88. The predicted molar refractivity (Wildman–Crippen MR) is 72.5 cm³/mol. The molecule has 0 radical (unpaired) electrons. The first-order valence-electron chi connectivity index (χ1n) is 6.79. The van der Waals surface area contributed by atoms with Gasteiger partial charge in [-0.05, 0) is 31.5 Å². The molecule has 0 amide bonds. The first kappa shape index (κ1) is 13.5. The summed E-state index contributed by atoms with van der Waals surface area (Å²) in [6, 6.07) is 10.3. The molecule has 1 heterocycles. The standard InChI is InChI=1S/C15H23NO2/c1-18-12-14(17)15(13-8-4-2-5-9-13)16-10-6-3-7-11-16/h2,4-5,8-9,14-15,17H,3,6-7,10-12H2,1H3/t14-,15?/m0/s1. The van der Waals surface area contributed by atoms with Crippen LogP contribution in [0.3, 0.4) is 0 Å². The number of rotatable bonds is 5. The summed E-state index contributed by atoms with van der Waals surface area (Å²) in [6.45, 7) is 2.52. The molecule has 1 N–H and O–H groups in total. The monoisotopic (exact) mass is 249 g/mol. The van der Waals surface area contributed by atoms with Crippen molar-refractivity contribution in [1.82, 2.24) is 4.90 Å². The first-order valence-corrected chi connectivity index (χ1v) is 6.79. The molecule has 0 aliphatic carbocycles. The van der Waals surface area contributed by atoms with Crippen molar-refractivity contribution < 1.29 is 9.84 Å². The average molecular weight is 249 g/mol. The summed E-state index contributed by atoms with van der Waals surface area (Å²) in [7, 11) is 1.64. The summed E-state index contributed by atoms with van der Waals surface area (Å²) in [6.07, 6.45) is 3.29. The topological polar surface area (TPSA) is 32.7 Å². The van der Waals surface area contributed by atoms with Gasteiger partial charge in [0.05, 0.1) is 18.8 Å². The zero-order valence-electron chi connectivity index (χ0n) is 11.1. The molecule has 100 valence electrons. The number of hydrogen-bond acceptors (Lipinski definition) is 3. The van der Waals surface area contributed by atoms with Crippen LogP contribution in [0.4, 0.5) is 0 Å². The van der Waals surface area contributed by atoms with Gasteiger partial charge < -0.3 is 9.84 Å². The van der Waals surface area contributed by atoms with E-state index in [1.54, 1.807) is 7.11 Å². The number of aliphatic hydroxyl groups is 1. The molecular weight excluding hydrogens is 226 g/mol. The summed E-state index contributed by atoms with van der Waals surface area (Å²) < 4.78 is 5.12. The van der Waals surface area contributed by atoms with Crippen LogP contribution in [0.15, 0.2) is 30.3 Å². The van der Waals surface area contributed by atoms with E-state index < -0.39 is 6.10 Å². The van der Waals surface area contributed by atoms with Gasteiger partial charge in [-0.2, -0.15) is 0 Å². The lowest BCUT2D eigenvalue weighted by Crippen LogP contribution is -2.41. The van der Waals surface area contributed by atoms with E-state index in [4.69, 9.17) is 4.74 Å². The molecular formula is C15H23NO2. The summed E-state index contributed by atoms with van der Waals surface area (Å²) in [4.78, 5) is 2.39. The van der Waals surface area contributed by atoms with Gasteiger partial charge in [-0.15, -0.1) is 0 Å². The number of piperidine rings is 1. The van der Waals surface area contributed by atoms with Crippen LogP contribution in [0.1, 0.15) is 30.9 Å². The van der Waals surface area contributed by atoms with Crippen molar-refractivity contribution >= 4 is 0 Å². The van der Waals surface area contributed by atoms with E-state index >= 15 is 0 Å². The normalized spacial score (nSPS) is 20.6.